The third-order valence-corrected chi connectivity index (χ3v) is 4.20. The Bertz CT molecular complexity index is 680. The maximum Gasteiger partial charge on any atom is 0.392 e. The van der Waals surface area contributed by atoms with Crippen LogP contribution in [0.2, 0.25) is 0 Å². The number of carbonyl (C=O) groups excluding carboxylic acids is 1. The second-order valence-corrected chi connectivity index (χ2v) is 5.59. The first-order valence-electron chi connectivity index (χ1n) is 7.26. The van der Waals surface area contributed by atoms with Gasteiger partial charge in [-0.15, -0.1) is 0 Å². The molecule has 0 saturated heterocycles. The zero-order chi connectivity index (χ0) is 15.7. The fourth-order valence-corrected chi connectivity index (χ4v) is 3.10. The average molecular weight is 311 g/mol. The van der Waals surface area contributed by atoms with Crippen LogP contribution in [0.3, 0.4) is 0 Å². The number of rotatable bonds is 2. The van der Waals surface area contributed by atoms with Gasteiger partial charge in [0.1, 0.15) is 11.5 Å². The van der Waals surface area contributed by atoms with Gasteiger partial charge in [0.15, 0.2) is 0 Å². The number of aromatic nitrogens is 2. The molecule has 0 spiro atoms. The summed E-state index contributed by atoms with van der Waals surface area (Å²) in [4.78, 5) is 16.4. The number of fused-ring (bicyclic) bond motifs is 1. The van der Waals surface area contributed by atoms with Crippen molar-refractivity contribution in [1.29, 1.82) is 0 Å². The van der Waals surface area contributed by atoms with Crippen LogP contribution >= 0.6 is 0 Å². The van der Waals surface area contributed by atoms with E-state index in [4.69, 9.17) is 0 Å². The Balaban J connectivity index is 1.82. The lowest BCUT2D eigenvalue weighted by atomic mass is 9.78. The molecule has 7 heteroatoms. The van der Waals surface area contributed by atoms with E-state index in [0.29, 0.717) is 24.3 Å². The fourth-order valence-electron chi connectivity index (χ4n) is 3.10. The first-order chi connectivity index (χ1) is 10.5. The van der Waals surface area contributed by atoms with Gasteiger partial charge in [-0.05, 0) is 25.0 Å². The van der Waals surface area contributed by atoms with Crippen LogP contribution in [0.1, 0.15) is 25.7 Å². The van der Waals surface area contributed by atoms with Gasteiger partial charge in [0.05, 0.1) is 5.92 Å². The molecule has 3 rings (SSSR count). The monoisotopic (exact) mass is 311 g/mol. The van der Waals surface area contributed by atoms with Gasteiger partial charge in [-0.2, -0.15) is 13.2 Å². The van der Waals surface area contributed by atoms with E-state index in [0.717, 1.165) is 0 Å². The summed E-state index contributed by atoms with van der Waals surface area (Å²) in [5, 5.41) is 2.63. The molecular weight excluding hydrogens is 295 g/mol. The molecule has 0 aliphatic heterocycles. The SMILES string of the molecule is O=C(Nc1cccc2nccn12)[C@@H]1CCCC[C@H]1C(F)(F)F. The average Bonchev–Trinajstić information content (AvgIpc) is 2.96. The van der Waals surface area contributed by atoms with E-state index in [2.05, 4.69) is 10.3 Å². The molecule has 1 fully saturated rings. The van der Waals surface area contributed by atoms with Crippen molar-refractivity contribution in [2.75, 3.05) is 5.32 Å². The van der Waals surface area contributed by atoms with E-state index >= 15 is 0 Å². The molecule has 118 valence electrons. The number of nitrogens with one attached hydrogen (secondary N) is 1. The minimum Gasteiger partial charge on any atom is -0.312 e. The summed E-state index contributed by atoms with van der Waals surface area (Å²) in [7, 11) is 0. The van der Waals surface area contributed by atoms with Crippen molar-refractivity contribution in [2.24, 2.45) is 11.8 Å². The molecule has 0 aromatic carbocycles. The lowest BCUT2D eigenvalue weighted by Gasteiger charge is -2.32. The zero-order valence-electron chi connectivity index (χ0n) is 11.8. The van der Waals surface area contributed by atoms with Gasteiger partial charge in [0.2, 0.25) is 5.91 Å². The predicted octanol–water partition coefficient (Wildman–Crippen LogP) is 3.64. The number of alkyl halides is 3. The van der Waals surface area contributed by atoms with Gasteiger partial charge < -0.3 is 5.32 Å². The van der Waals surface area contributed by atoms with Crippen LogP contribution in [0.15, 0.2) is 30.6 Å². The standard InChI is InChI=1S/C15H16F3N3O/c16-15(17,18)11-5-2-1-4-10(11)14(22)20-13-7-3-6-12-19-8-9-21(12)13/h3,6-11H,1-2,4-5H2,(H,20,22)/t10-,11-/m1/s1. The van der Waals surface area contributed by atoms with Gasteiger partial charge in [-0.25, -0.2) is 4.98 Å². The Hall–Kier alpha value is -2.05. The van der Waals surface area contributed by atoms with Crippen molar-refractivity contribution < 1.29 is 18.0 Å². The molecule has 1 saturated carbocycles. The van der Waals surface area contributed by atoms with Gasteiger partial charge in [0, 0.05) is 18.3 Å². The minimum atomic E-state index is -4.33. The molecule has 1 amide bonds. The number of anilines is 1. The molecule has 1 aliphatic carbocycles. The molecule has 0 bridgehead atoms. The Morgan fingerprint density at radius 3 is 2.82 bits per heavy atom. The largest absolute Gasteiger partial charge is 0.392 e. The summed E-state index contributed by atoms with van der Waals surface area (Å²) in [6, 6.07) is 5.12. The Labute approximate surface area is 125 Å². The minimum absolute atomic E-state index is 0.0247. The molecule has 1 aliphatic rings. The molecule has 2 aromatic heterocycles. The molecule has 2 atom stereocenters. The number of hydrogen-bond donors (Lipinski definition) is 1. The van der Waals surface area contributed by atoms with Crippen LogP contribution in [0.5, 0.6) is 0 Å². The van der Waals surface area contributed by atoms with Crippen LogP contribution in [0, 0.1) is 11.8 Å². The molecular formula is C15H16F3N3O. The van der Waals surface area contributed by atoms with E-state index in [9.17, 15) is 18.0 Å². The second-order valence-electron chi connectivity index (χ2n) is 5.59. The summed E-state index contributed by atoms with van der Waals surface area (Å²) in [6.45, 7) is 0. The first-order valence-corrected chi connectivity index (χ1v) is 7.26. The summed E-state index contributed by atoms with van der Waals surface area (Å²) >= 11 is 0. The number of amides is 1. The van der Waals surface area contributed by atoms with Gasteiger partial charge in [0.25, 0.3) is 0 Å². The van der Waals surface area contributed by atoms with Crippen molar-refractivity contribution >= 4 is 17.4 Å². The number of pyridine rings is 1. The maximum atomic E-state index is 13.1. The summed E-state index contributed by atoms with van der Waals surface area (Å²) in [6.07, 6.45) is 0.373. The molecule has 2 aromatic rings. The van der Waals surface area contributed by atoms with E-state index in [1.54, 1.807) is 35.0 Å². The third-order valence-electron chi connectivity index (χ3n) is 4.20. The van der Waals surface area contributed by atoms with Crippen LogP contribution < -0.4 is 5.32 Å². The van der Waals surface area contributed by atoms with Gasteiger partial charge in [-0.1, -0.05) is 18.9 Å². The molecule has 0 radical (unpaired) electrons. The molecule has 2 heterocycles. The summed E-state index contributed by atoms with van der Waals surface area (Å²) in [5.74, 6) is -2.70. The molecule has 1 N–H and O–H groups in total. The van der Waals surface area contributed by atoms with Crippen LogP contribution in [-0.2, 0) is 4.79 Å². The number of nitrogens with zero attached hydrogens (tertiary/aromatic N) is 2. The lowest BCUT2D eigenvalue weighted by Crippen LogP contribution is -2.39. The Morgan fingerprint density at radius 2 is 2.05 bits per heavy atom. The van der Waals surface area contributed by atoms with Crippen molar-refractivity contribution in [3.63, 3.8) is 0 Å². The van der Waals surface area contributed by atoms with E-state index in [1.165, 1.54) is 0 Å². The number of imidazole rings is 1. The Kier molecular flexibility index (Phi) is 3.80. The van der Waals surface area contributed by atoms with Crippen LogP contribution in [0.25, 0.3) is 5.65 Å². The van der Waals surface area contributed by atoms with Crippen molar-refractivity contribution in [3.8, 4) is 0 Å². The van der Waals surface area contributed by atoms with Crippen LogP contribution in [0.4, 0.5) is 19.0 Å². The Morgan fingerprint density at radius 1 is 1.27 bits per heavy atom. The fraction of sp³-hybridized carbons (Fsp3) is 0.467. The highest BCUT2D eigenvalue weighted by atomic mass is 19.4. The normalized spacial score (nSPS) is 22.7. The predicted molar refractivity (Wildman–Crippen MR) is 75.3 cm³/mol. The number of hydrogen-bond acceptors (Lipinski definition) is 2. The van der Waals surface area contributed by atoms with Gasteiger partial charge >= 0.3 is 6.18 Å². The maximum absolute atomic E-state index is 13.1. The highest BCUT2D eigenvalue weighted by Crippen LogP contribution is 2.41. The highest BCUT2D eigenvalue weighted by Gasteiger charge is 2.48. The summed E-state index contributed by atoms with van der Waals surface area (Å²) in [5.41, 5.74) is 0.633. The highest BCUT2D eigenvalue weighted by molar-refractivity contribution is 5.92. The van der Waals surface area contributed by atoms with Crippen LogP contribution in [-0.4, -0.2) is 21.5 Å². The summed E-state index contributed by atoms with van der Waals surface area (Å²) < 4.78 is 40.9. The molecule has 22 heavy (non-hydrogen) atoms. The van der Waals surface area contributed by atoms with E-state index < -0.39 is 23.9 Å². The van der Waals surface area contributed by atoms with Crippen molar-refractivity contribution in [3.05, 3.63) is 30.6 Å². The van der Waals surface area contributed by atoms with Gasteiger partial charge in [-0.3, -0.25) is 9.20 Å². The topological polar surface area (TPSA) is 46.4 Å². The molecule has 0 unspecified atom stereocenters. The quantitative estimate of drug-likeness (QED) is 0.920. The number of halogens is 3. The smallest absolute Gasteiger partial charge is 0.312 e. The van der Waals surface area contributed by atoms with Crippen molar-refractivity contribution in [1.82, 2.24) is 9.38 Å². The number of carbonyl (C=O) groups is 1. The lowest BCUT2D eigenvalue weighted by molar-refractivity contribution is -0.197. The van der Waals surface area contributed by atoms with E-state index in [1.807, 2.05) is 0 Å². The first kappa shape index (κ1) is 14.9. The third kappa shape index (κ3) is 2.80. The van der Waals surface area contributed by atoms with Crippen molar-refractivity contribution in [2.45, 2.75) is 31.9 Å². The zero-order valence-corrected chi connectivity index (χ0v) is 11.8. The van der Waals surface area contributed by atoms with E-state index in [-0.39, 0.29) is 12.8 Å². The second kappa shape index (κ2) is 5.62. The molecule has 4 nitrogen and oxygen atoms in total.